The number of nitrogens with zero attached hydrogens (tertiary/aromatic N) is 1. The molecule has 1 unspecified atom stereocenters. The second-order valence-electron chi connectivity index (χ2n) is 3.39. The third kappa shape index (κ3) is 2.87. The van der Waals surface area contributed by atoms with Gasteiger partial charge in [-0.15, -0.1) is 0 Å². The Morgan fingerprint density at radius 3 is 3.00 bits per heavy atom. The van der Waals surface area contributed by atoms with E-state index in [2.05, 4.69) is 37.0 Å². The summed E-state index contributed by atoms with van der Waals surface area (Å²) in [5, 5.41) is 4.31. The molecule has 0 spiro atoms. The lowest BCUT2D eigenvalue weighted by Gasteiger charge is -2.11. The van der Waals surface area contributed by atoms with E-state index in [9.17, 15) is 4.79 Å². The number of esters is 1. The van der Waals surface area contributed by atoms with Crippen molar-refractivity contribution in [1.82, 2.24) is 0 Å². The van der Waals surface area contributed by atoms with Crippen LogP contribution in [0, 0.1) is 0 Å². The topological polar surface area (TPSA) is 47.9 Å². The van der Waals surface area contributed by atoms with E-state index in [0.717, 1.165) is 0 Å². The molecular weight excluding hydrogens is 354 g/mol. The van der Waals surface area contributed by atoms with Crippen LogP contribution in [0.4, 0.5) is 0 Å². The molecule has 0 fully saturated rings. The van der Waals surface area contributed by atoms with Crippen molar-refractivity contribution in [2.24, 2.45) is 5.16 Å². The maximum atomic E-state index is 11.9. The Labute approximate surface area is 115 Å². The fourth-order valence-corrected chi connectivity index (χ4v) is 2.28. The lowest BCUT2D eigenvalue weighted by atomic mass is 10.2. The molecular formula is C11H9Br2NO3. The normalized spacial score (nSPS) is 18.5. The largest absolute Gasteiger partial charge is 0.449 e. The van der Waals surface area contributed by atoms with Gasteiger partial charge >= 0.3 is 5.97 Å². The predicted octanol–water partition coefficient (Wildman–Crippen LogP) is 2.76. The van der Waals surface area contributed by atoms with Crippen LogP contribution in [0.2, 0.25) is 0 Å². The number of hydrogen-bond acceptors (Lipinski definition) is 4. The first-order valence-electron chi connectivity index (χ1n) is 4.92. The molecule has 90 valence electrons. The molecule has 0 aliphatic carbocycles. The molecule has 1 aromatic carbocycles. The van der Waals surface area contributed by atoms with Crippen LogP contribution in [0.1, 0.15) is 10.4 Å². The molecule has 0 saturated heterocycles. The molecule has 1 aliphatic heterocycles. The molecule has 1 aliphatic rings. The number of oxime groups is 1. The minimum Gasteiger partial charge on any atom is -0.449 e. The van der Waals surface area contributed by atoms with Gasteiger partial charge in [-0.1, -0.05) is 33.2 Å². The van der Waals surface area contributed by atoms with Crippen LogP contribution in [0.5, 0.6) is 0 Å². The highest BCUT2D eigenvalue weighted by molar-refractivity contribution is 9.10. The van der Waals surface area contributed by atoms with Gasteiger partial charge in [0.2, 0.25) is 0 Å². The van der Waals surface area contributed by atoms with Crippen LogP contribution in [-0.4, -0.2) is 29.7 Å². The Morgan fingerprint density at radius 1 is 1.53 bits per heavy atom. The highest BCUT2D eigenvalue weighted by atomic mass is 79.9. The Hall–Kier alpha value is -0.880. The van der Waals surface area contributed by atoms with Gasteiger partial charge in [0.05, 0.1) is 5.56 Å². The average molecular weight is 363 g/mol. The minimum atomic E-state index is -0.408. The molecule has 0 bridgehead atoms. The highest BCUT2D eigenvalue weighted by Crippen LogP contribution is 2.19. The highest BCUT2D eigenvalue weighted by Gasteiger charge is 2.27. The maximum Gasteiger partial charge on any atom is 0.340 e. The molecule has 0 N–H and O–H groups in total. The molecule has 4 nitrogen and oxygen atoms in total. The first-order valence-corrected chi connectivity index (χ1v) is 6.84. The maximum absolute atomic E-state index is 11.9. The van der Waals surface area contributed by atoms with E-state index in [0.29, 0.717) is 21.1 Å². The summed E-state index contributed by atoms with van der Waals surface area (Å²) >= 11 is 6.57. The molecule has 2 rings (SSSR count). The van der Waals surface area contributed by atoms with Gasteiger partial charge in [0.15, 0.2) is 12.7 Å². The summed E-state index contributed by atoms with van der Waals surface area (Å²) < 4.78 is 6.04. The first kappa shape index (κ1) is 12.6. The van der Waals surface area contributed by atoms with Crippen LogP contribution in [0.15, 0.2) is 33.9 Å². The number of alkyl halides is 1. The monoisotopic (exact) mass is 361 g/mol. The van der Waals surface area contributed by atoms with Gasteiger partial charge in [-0.05, 0) is 28.1 Å². The van der Waals surface area contributed by atoms with E-state index in [1.807, 2.05) is 6.07 Å². The zero-order valence-corrected chi connectivity index (χ0v) is 11.9. The van der Waals surface area contributed by atoms with Gasteiger partial charge < -0.3 is 9.57 Å². The van der Waals surface area contributed by atoms with Gasteiger partial charge in [-0.3, -0.25) is 0 Å². The summed E-state index contributed by atoms with van der Waals surface area (Å²) in [4.78, 5) is 16.8. The van der Waals surface area contributed by atoms with Gasteiger partial charge in [0.25, 0.3) is 0 Å². The summed E-state index contributed by atoms with van der Waals surface area (Å²) in [6, 6.07) is 7.12. The van der Waals surface area contributed by atoms with Gasteiger partial charge in [-0.2, -0.15) is 0 Å². The third-order valence-corrected chi connectivity index (χ3v) is 3.53. The summed E-state index contributed by atoms with van der Waals surface area (Å²) in [6.07, 6.45) is -0.408. The molecule has 0 saturated carbocycles. The summed E-state index contributed by atoms with van der Waals surface area (Å²) in [5.41, 5.74) is 1.18. The summed E-state index contributed by atoms with van der Waals surface area (Å²) in [6.45, 7) is 0.275. The lowest BCUT2D eigenvalue weighted by Crippen LogP contribution is -2.28. The second kappa shape index (κ2) is 5.64. The van der Waals surface area contributed by atoms with Crippen molar-refractivity contribution in [3.05, 3.63) is 34.3 Å². The molecule has 6 heteroatoms. The zero-order chi connectivity index (χ0) is 12.3. The van der Waals surface area contributed by atoms with Crippen molar-refractivity contribution >= 4 is 43.5 Å². The molecule has 17 heavy (non-hydrogen) atoms. The standard InChI is InChI=1S/C11H9Br2NO3/c12-5-9-10(6-16-14-9)17-11(15)7-3-1-2-4-8(7)13/h1-4,10H,5-6H2. The van der Waals surface area contributed by atoms with Crippen molar-refractivity contribution in [1.29, 1.82) is 0 Å². The Morgan fingerprint density at radius 2 is 2.29 bits per heavy atom. The number of halogens is 2. The SMILES string of the molecule is O=C(OC1CON=C1CBr)c1ccccc1Br. The third-order valence-electron chi connectivity index (χ3n) is 2.26. The quantitative estimate of drug-likeness (QED) is 0.613. The van der Waals surface area contributed by atoms with Crippen molar-refractivity contribution in [2.75, 3.05) is 11.9 Å². The van der Waals surface area contributed by atoms with Gasteiger partial charge in [-0.25, -0.2) is 4.79 Å². The predicted molar refractivity (Wildman–Crippen MR) is 70.5 cm³/mol. The Balaban J connectivity index is 2.08. The van der Waals surface area contributed by atoms with Crippen molar-refractivity contribution in [3.63, 3.8) is 0 Å². The van der Waals surface area contributed by atoms with E-state index in [1.165, 1.54) is 0 Å². The fourth-order valence-electron chi connectivity index (χ4n) is 1.37. The number of benzene rings is 1. The second-order valence-corrected chi connectivity index (χ2v) is 4.80. The van der Waals surface area contributed by atoms with Crippen LogP contribution in [-0.2, 0) is 9.57 Å². The molecule has 0 amide bonds. The number of carbonyl (C=O) groups is 1. The van der Waals surface area contributed by atoms with Gasteiger partial charge in [0, 0.05) is 9.80 Å². The lowest BCUT2D eigenvalue weighted by molar-refractivity contribution is 0.0291. The van der Waals surface area contributed by atoms with Crippen molar-refractivity contribution in [3.8, 4) is 0 Å². The van der Waals surface area contributed by atoms with Gasteiger partial charge in [0.1, 0.15) is 5.71 Å². The van der Waals surface area contributed by atoms with E-state index in [4.69, 9.17) is 9.57 Å². The number of carbonyl (C=O) groups excluding carboxylic acids is 1. The van der Waals surface area contributed by atoms with E-state index in [-0.39, 0.29) is 12.6 Å². The van der Waals surface area contributed by atoms with Crippen LogP contribution in [0.3, 0.4) is 0 Å². The molecule has 1 heterocycles. The molecule has 0 aromatic heterocycles. The number of ether oxygens (including phenoxy) is 1. The van der Waals surface area contributed by atoms with Crippen LogP contribution in [0.25, 0.3) is 0 Å². The molecule has 1 atom stereocenters. The number of hydrogen-bond donors (Lipinski definition) is 0. The van der Waals surface area contributed by atoms with E-state index in [1.54, 1.807) is 18.2 Å². The van der Waals surface area contributed by atoms with Crippen LogP contribution >= 0.6 is 31.9 Å². The summed E-state index contributed by atoms with van der Waals surface area (Å²) in [5.74, 6) is -0.387. The summed E-state index contributed by atoms with van der Waals surface area (Å²) in [7, 11) is 0. The van der Waals surface area contributed by atoms with E-state index < -0.39 is 6.10 Å². The molecule has 1 aromatic rings. The Bertz CT molecular complexity index is 462. The fraction of sp³-hybridized carbons (Fsp3) is 0.273. The smallest absolute Gasteiger partial charge is 0.340 e. The van der Waals surface area contributed by atoms with Crippen molar-refractivity contribution < 1.29 is 14.4 Å². The molecule has 0 radical (unpaired) electrons. The number of rotatable bonds is 3. The zero-order valence-electron chi connectivity index (χ0n) is 8.73. The van der Waals surface area contributed by atoms with E-state index >= 15 is 0 Å². The average Bonchev–Trinajstić information content (AvgIpc) is 2.76. The van der Waals surface area contributed by atoms with Crippen LogP contribution < -0.4 is 0 Å². The Kier molecular flexibility index (Phi) is 4.17. The minimum absolute atomic E-state index is 0.275. The van der Waals surface area contributed by atoms with Crippen molar-refractivity contribution in [2.45, 2.75) is 6.10 Å². The first-order chi connectivity index (χ1) is 8.22.